The van der Waals surface area contributed by atoms with E-state index in [4.69, 9.17) is 10.5 Å². The van der Waals surface area contributed by atoms with Gasteiger partial charge in [0.2, 0.25) is 0 Å². The van der Waals surface area contributed by atoms with Crippen molar-refractivity contribution in [3.8, 4) is 0 Å². The minimum absolute atomic E-state index is 0.292. The molecule has 3 fully saturated rings. The SMILES string of the molecule is CC1CC(N)CCN1CC1CCC2(CCCC2)O1. The summed E-state index contributed by atoms with van der Waals surface area (Å²) in [6.07, 6.45) is 10.7. The fourth-order valence-corrected chi connectivity index (χ4v) is 4.20. The van der Waals surface area contributed by atoms with Crippen molar-refractivity contribution in [2.24, 2.45) is 5.73 Å². The Morgan fingerprint density at radius 3 is 2.72 bits per heavy atom. The van der Waals surface area contributed by atoms with Crippen LogP contribution in [0, 0.1) is 0 Å². The minimum Gasteiger partial charge on any atom is -0.370 e. The van der Waals surface area contributed by atoms with Crippen molar-refractivity contribution in [3.63, 3.8) is 0 Å². The van der Waals surface area contributed by atoms with E-state index < -0.39 is 0 Å². The van der Waals surface area contributed by atoms with Gasteiger partial charge in [0.25, 0.3) is 0 Å². The van der Waals surface area contributed by atoms with Gasteiger partial charge in [0.15, 0.2) is 0 Å². The Morgan fingerprint density at radius 2 is 2.00 bits per heavy atom. The van der Waals surface area contributed by atoms with Crippen molar-refractivity contribution >= 4 is 0 Å². The highest BCUT2D eigenvalue weighted by molar-refractivity contribution is 4.94. The Bertz CT molecular complexity index is 288. The molecule has 0 amide bonds. The highest BCUT2D eigenvalue weighted by Gasteiger charge is 2.42. The first kappa shape index (κ1) is 12.9. The highest BCUT2D eigenvalue weighted by Crippen LogP contribution is 2.43. The van der Waals surface area contributed by atoms with Crippen LogP contribution in [0.1, 0.15) is 58.3 Å². The van der Waals surface area contributed by atoms with Gasteiger partial charge in [-0.3, -0.25) is 4.90 Å². The molecule has 2 saturated heterocycles. The maximum atomic E-state index is 6.41. The minimum atomic E-state index is 0.292. The number of hydrogen-bond acceptors (Lipinski definition) is 3. The molecule has 0 aromatic carbocycles. The largest absolute Gasteiger partial charge is 0.370 e. The molecule has 3 aliphatic rings. The van der Waals surface area contributed by atoms with Gasteiger partial charge in [0, 0.05) is 18.6 Å². The quantitative estimate of drug-likeness (QED) is 0.819. The second kappa shape index (κ2) is 5.10. The fourth-order valence-electron chi connectivity index (χ4n) is 4.20. The van der Waals surface area contributed by atoms with Gasteiger partial charge >= 0.3 is 0 Å². The Kier molecular flexibility index (Phi) is 3.65. The van der Waals surface area contributed by atoms with E-state index in [1.165, 1.54) is 38.5 Å². The average Bonchev–Trinajstić information content (AvgIpc) is 2.94. The van der Waals surface area contributed by atoms with Crippen LogP contribution in [0.5, 0.6) is 0 Å². The third-order valence-electron chi connectivity index (χ3n) is 5.35. The molecule has 18 heavy (non-hydrogen) atoms. The third kappa shape index (κ3) is 2.59. The first-order valence-corrected chi connectivity index (χ1v) is 7.84. The van der Waals surface area contributed by atoms with E-state index in [0.29, 0.717) is 23.8 Å². The normalized spacial score (nSPS) is 40.7. The molecule has 0 bridgehead atoms. The van der Waals surface area contributed by atoms with Crippen molar-refractivity contribution in [3.05, 3.63) is 0 Å². The van der Waals surface area contributed by atoms with Gasteiger partial charge in [-0.2, -0.15) is 0 Å². The van der Waals surface area contributed by atoms with Crippen LogP contribution in [0.2, 0.25) is 0 Å². The van der Waals surface area contributed by atoms with Gasteiger partial charge in [-0.05, 0) is 52.0 Å². The summed E-state index contributed by atoms with van der Waals surface area (Å²) < 4.78 is 6.41. The van der Waals surface area contributed by atoms with Crippen LogP contribution in [0.15, 0.2) is 0 Å². The maximum Gasteiger partial charge on any atom is 0.0710 e. The van der Waals surface area contributed by atoms with E-state index in [-0.39, 0.29) is 0 Å². The summed E-state index contributed by atoms with van der Waals surface area (Å²) in [5, 5.41) is 0. The second-order valence-electron chi connectivity index (χ2n) is 6.80. The van der Waals surface area contributed by atoms with Gasteiger partial charge in [0.05, 0.1) is 11.7 Å². The van der Waals surface area contributed by atoms with Crippen LogP contribution in [0.25, 0.3) is 0 Å². The van der Waals surface area contributed by atoms with Gasteiger partial charge in [-0.15, -0.1) is 0 Å². The number of ether oxygens (including phenoxy) is 1. The number of nitrogens with two attached hydrogens (primary N) is 1. The first-order chi connectivity index (χ1) is 8.67. The lowest BCUT2D eigenvalue weighted by Crippen LogP contribution is -2.48. The smallest absolute Gasteiger partial charge is 0.0710 e. The predicted molar refractivity (Wildman–Crippen MR) is 73.6 cm³/mol. The molecule has 1 saturated carbocycles. The van der Waals surface area contributed by atoms with Crippen molar-refractivity contribution in [2.75, 3.05) is 13.1 Å². The number of piperidine rings is 1. The lowest BCUT2D eigenvalue weighted by Gasteiger charge is -2.38. The number of nitrogens with zero attached hydrogens (tertiary/aromatic N) is 1. The number of rotatable bonds is 2. The summed E-state index contributed by atoms with van der Waals surface area (Å²) in [6, 6.07) is 1.05. The van der Waals surface area contributed by atoms with Crippen LogP contribution in [0.3, 0.4) is 0 Å². The van der Waals surface area contributed by atoms with E-state index >= 15 is 0 Å². The molecule has 3 heteroatoms. The molecule has 2 heterocycles. The van der Waals surface area contributed by atoms with Crippen LogP contribution in [-0.2, 0) is 4.74 Å². The zero-order valence-electron chi connectivity index (χ0n) is 11.7. The molecule has 0 aromatic heterocycles. The molecule has 2 N–H and O–H groups in total. The maximum absolute atomic E-state index is 6.41. The first-order valence-electron chi connectivity index (χ1n) is 7.84. The third-order valence-corrected chi connectivity index (χ3v) is 5.35. The van der Waals surface area contributed by atoms with Gasteiger partial charge in [-0.1, -0.05) is 12.8 Å². The molecular formula is C15H28N2O. The van der Waals surface area contributed by atoms with E-state index in [1.807, 2.05) is 0 Å². The van der Waals surface area contributed by atoms with Crippen LogP contribution in [-0.4, -0.2) is 41.8 Å². The zero-order chi connectivity index (χ0) is 12.6. The monoisotopic (exact) mass is 252 g/mol. The summed E-state index contributed by atoms with van der Waals surface area (Å²) in [6.45, 7) is 4.62. The molecule has 2 aliphatic heterocycles. The molecule has 0 aromatic rings. The van der Waals surface area contributed by atoms with Crippen LogP contribution in [0.4, 0.5) is 0 Å². The van der Waals surface area contributed by atoms with Crippen LogP contribution >= 0.6 is 0 Å². The van der Waals surface area contributed by atoms with Crippen LogP contribution < -0.4 is 5.73 Å². The zero-order valence-corrected chi connectivity index (χ0v) is 11.7. The van der Waals surface area contributed by atoms with Crippen molar-refractivity contribution in [2.45, 2.75) is 82.1 Å². The van der Waals surface area contributed by atoms with Gasteiger partial charge in [0.1, 0.15) is 0 Å². The van der Waals surface area contributed by atoms with Gasteiger partial charge < -0.3 is 10.5 Å². The Balaban J connectivity index is 1.51. The summed E-state index contributed by atoms with van der Waals surface area (Å²) in [5.74, 6) is 0. The standard InChI is InChI=1S/C15H28N2O/c1-12-10-13(16)5-9-17(12)11-14-4-8-15(18-14)6-2-3-7-15/h12-14H,2-11,16H2,1H3. The second-order valence-corrected chi connectivity index (χ2v) is 6.80. The fraction of sp³-hybridized carbons (Fsp3) is 1.00. The van der Waals surface area contributed by atoms with Gasteiger partial charge in [-0.25, -0.2) is 0 Å². The van der Waals surface area contributed by atoms with E-state index in [2.05, 4.69) is 11.8 Å². The highest BCUT2D eigenvalue weighted by atomic mass is 16.5. The summed E-state index contributed by atoms with van der Waals surface area (Å²) in [4.78, 5) is 2.60. The summed E-state index contributed by atoms with van der Waals surface area (Å²) in [5.41, 5.74) is 6.32. The Hall–Kier alpha value is -0.120. The topological polar surface area (TPSA) is 38.5 Å². The molecule has 1 aliphatic carbocycles. The number of likely N-dealkylation sites (tertiary alicyclic amines) is 1. The molecule has 1 spiro atoms. The molecule has 0 radical (unpaired) electrons. The molecule has 104 valence electrons. The molecule has 3 atom stereocenters. The van der Waals surface area contributed by atoms with E-state index in [9.17, 15) is 0 Å². The number of hydrogen-bond donors (Lipinski definition) is 1. The average molecular weight is 252 g/mol. The van der Waals surface area contributed by atoms with Crippen molar-refractivity contribution < 1.29 is 4.74 Å². The molecule has 3 rings (SSSR count). The Morgan fingerprint density at radius 1 is 1.22 bits per heavy atom. The van der Waals surface area contributed by atoms with E-state index in [0.717, 1.165) is 25.9 Å². The molecule has 3 nitrogen and oxygen atoms in total. The Labute approximate surface area is 111 Å². The lowest BCUT2D eigenvalue weighted by molar-refractivity contribution is -0.0537. The van der Waals surface area contributed by atoms with E-state index in [1.54, 1.807) is 0 Å². The van der Waals surface area contributed by atoms with Crippen molar-refractivity contribution in [1.29, 1.82) is 0 Å². The lowest BCUT2D eigenvalue weighted by atomic mass is 9.97. The van der Waals surface area contributed by atoms with Crippen molar-refractivity contribution in [1.82, 2.24) is 4.90 Å². The summed E-state index contributed by atoms with van der Waals surface area (Å²) >= 11 is 0. The molecule has 3 unspecified atom stereocenters. The molecular weight excluding hydrogens is 224 g/mol. The summed E-state index contributed by atoms with van der Waals surface area (Å²) in [7, 11) is 0. The predicted octanol–water partition coefficient (Wildman–Crippen LogP) is 2.29.